The molecule has 14 heteroatoms. The fourth-order valence-electron chi connectivity index (χ4n) is 1.53. The van der Waals surface area contributed by atoms with E-state index in [9.17, 15) is 0 Å². The van der Waals surface area contributed by atoms with Gasteiger partial charge in [0.15, 0.2) is 0 Å². The normalized spacial score (nSPS) is 14.5. The summed E-state index contributed by atoms with van der Waals surface area (Å²) in [7, 11) is 0. The molecule has 1 aliphatic carbocycles. The fourth-order valence-corrected chi connectivity index (χ4v) is 1.53. The molecule has 0 aromatic heterocycles. The molecular weight excluding hydrogens is 744 g/mol. The predicted molar refractivity (Wildman–Crippen MR) is 110 cm³/mol. The number of aliphatic hydroxyl groups excluding tert-OH is 7. The molecule has 0 spiro atoms. The summed E-state index contributed by atoms with van der Waals surface area (Å²) in [5.41, 5.74) is 0. The van der Waals surface area contributed by atoms with Gasteiger partial charge in [-0.15, -0.1) is 0 Å². The van der Waals surface area contributed by atoms with Crippen LogP contribution in [-0.2, 0) is 136 Å². The van der Waals surface area contributed by atoms with Crippen molar-refractivity contribution in [1.29, 1.82) is 0 Å². The third kappa shape index (κ3) is 86.0. The first-order chi connectivity index (χ1) is 13.9. The van der Waals surface area contributed by atoms with Crippen LogP contribution in [0.15, 0.2) is 0 Å². The van der Waals surface area contributed by atoms with Crippen LogP contribution in [0.1, 0.15) is 58.8 Å². The van der Waals surface area contributed by atoms with Crippen molar-refractivity contribution >= 4 is 0 Å². The topological polar surface area (TPSA) is 195 Å². The minimum absolute atomic E-state index is 0. The minimum Gasteiger partial charge on any atom is -0.397 e. The second kappa shape index (κ2) is 56.3. The minimum atomic E-state index is -0.750. The summed E-state index contributed by atoms with van der Waals surface area (Å²) in [4.78, 5) is 0. The van der Waals surface area contributed by atoms with Crippen molar-refractivity contribution in [1.82, 2.24) is 0 Å². The van der Waals surface area contributed by atoms with Gasteiger partial charge >= 0.3 is 0 Å². The van der Waals surface area contributed by atoms with E-state index in [1.54, 1.807) is 6.92 Å². The van der Waals surface area contributed by atoms with E-state index < -0.39 is 19.7 Å². The van der Waals surface area contributed by atoms with E-state index in [0.29, 0.717) is 25.4 Å². The van der Waals surface area contributed by atoms with Crippen molar-refractivity contribution < 1.29 is 182 Å². The number of epoxide rings is 1. The molecule has 2 aliphatic rings. The Morgan fingerprint density at radius 2 is 1.12 bits per heavy atom. The maximum Gasteiger partial charge on any atom is 0.140 e. The molecule has 194 valence electrons. The number of rotatable bonds is 8. The average Bonchev–Trinajstić information content (AvgIpc) is 3.58. The van der Waals surface area contributed by atoms with Crippen LogP contribution in [0.4, 0.5) is 0 Å². The third-order valence-electron chi connectivity index (χ3n) is 3.29. The zero-order valence-electron chi connectivity index (χ0n) is 20.4. The Hall–Kier alpha value is 4.02. The first-order valence-electron chi connectivity index (χ1n) is 10.1. The van der Waals surface area contributed by atoms with Crippen LogP contribution in [0, 0.1) is 5.92 Å². The second-order valence-corrected chi connectivity index (χ2v) is 5.95. The van der Waals surface area contributed by atoms with Crippen LogP contribution in [0.25, 0.3) is 0 Å². The fraction of sp³-hybridized carbons (Fsp3) is 1.00. The van der Waals surface area contributed by atoms with E-state index in [1.807, 2.05) is 0 Å². The van der Waals surface area contributed by atoms with Gasteiger partial charge in [-0.05, 0) is 38.5 Å². The molecule has 0 bridgehead atoms. The number of aliphatic hydroxyl groups is 9. The molecule has 2 rings (SSSR count). The molecule has 4 radical (unpaired) electrons. The molecule has 2 unspecified atom stereocenters. The Morgan fingerprint density at radius 3 is 1.27 bits per heavy atom. The van der Waals surface area contributed by atoms with Crippen LogP contribution >= 0.6 is 0 Å². The summed E-state index contributed by atoms with van der Waals surface area (Å²) in [6, 6.07) is 0. The Bertz CT molecular complexity index is 252. The monoisotopic (exact) mass is 790 g/mol. The van der Waals surface area contributed by atoms with E-state index in [2.05, 4.69) is 6.92 Å². The average molecular weight is 790 g/mol. The van der Waals surface area contributed by atoms with Gasteiger partial charge in [-0.1, -0.05) is 26.2 Å². The zero-order chi connectivity index (χ0) is 23.3. The number of ether oxygens (including phenoxy) is 1. The van der Waals surface area contributed by atoms with E-state index in [0.717, 1.165) is 18.9 Å². The van der Waals surface area contributed by atoms with Gasteiger partial charge < -0.3 is 50.7 Å². The van der Waals surface area contributed by atoms with Gasteiger partial charge in [0.2, 0.25) is 0 Å². The van der Waals surface area contributed by atoms with Gasteiger partial charge in [0.05, 0.1) is 18.8 Å². The smallest absolute Gasteiger partial charge is 0.140 e. The molecule has 10 nitrogen and oxygen atoms in total. The van der Waals surface area contributed by atoms with Crippen LogP contribution in [-0.4, -0.2) is 105 Å². The van der Waals surface area contributed by atoms with Gasteiger partial charge in [-0.3, -0.25) is 0 Å². The van der Waals surface area contributed by atoms with Crippen molar-refractivity contribution in [2.24, 2.45) is 5.92 Å². The molecule has 2 fully saturated rings. The molecule has 0 aromatic carbocycles. The van der Waals surface area contributed by atoms with E-state index in [1.165, 1.54) is 19.3 Å². The molecule has 1 saturated carbocycles. The predicted octanol–water partition coefficient (Wildman–Crippen LogP) is -1.08. The molecule has 33 heavy (non-hydrogen) atoms. The summed E-state index contributed by atoms with van der Waals surface area (Å²) in [6.45, 7) is 3.96. The Labute approximate surface area is 300 Å². The number of hydrogen-bond donors (Lipinski definition) is 9. The second-order valence-electron chi connectivity index (χ2n) is 5.95. The van der Waals surface area contributed by atoms with Crippen molar-refractivity contribution in [3.63, 3.8) is 0 Å². The molecular formula is C19H46O10Y4. The first kappa shape index (κ1) is 57.0. The van der Waals surface area contributed by atoms with Crippen molar-refractivity contribution in [3.8, 4) is 0 Å². The largest absolute Gasteiger partial charge is 0.397 e. The maximum absolute atomic E-state index is 8.91. The number of hydrogen-bond acceptors (Lipinski definition) is 10. The van der Waals surface area contributed by atoms with E-state index in [4.69, 9.17) is 50.7 Å². The summed E-state index contributed by atoms with van der Waals surface area (Å²) in [6.07, 6.45) is 6.82. The Kier molecular flexibility index (Phi) is 97.2. The maximum atomic E-state index is 8.91. The van der Waals surface area contributed by atoms with Crippen LogP contribution in [0.3, 0.4) is 0 Å². The van der Waals surface area contributed by atoms with Gasteiger partial charge in [-0.2, -0.15) is 0 Å². The summed E-state index contributed by atoms with van der Waals surface area (Å²) >= 11 is 0. The molecule has 2 atom stereocenters. The summed E-state index contributed by atoms with van der Waals surface area (Å²) in [5.74, 6) is 1.13. The van der Waals surface area contributed by atoms with Crippen LogP contribution < -0.4 is 0 Å². The zero-order valence-corrected chi connectivity index (χ0v) is 31.7. The van der Waals surface area contributed by atoms with Gasteiger partial charge in [0.25, 0.3) is 0 Å². The van der Waals surface area contributed by atoms with Gasteiger partial charge in [0, 0.05) is 157 Å². The standard InChI is InChI=1S/C6H14O3.C5H10.C4H8O2.C2H6O.2CH4O2.4Y/c7-4-1-2-6(9)3-5-8;1-2-5-3-4-5;5-2-1-4-3-6-4;1-2-3;2*2-1-3;;;;/h6-9H,1-5H2;5H,2-4H2,1H3;4-5H,1-3H2;3H,2H2,1H3;2*2-3H,1H2;;;;. The van der Waals surface area contributed by atoms with Crippen molar-refractivity contribution in [2.45, 2.75) is 71.0 Å². The van der Waals surface area contributed by atoms with Crippen molar-refractivity contribution in [2.75, 3.05) is 46.6 Å². The summed E-state index contributed by atoms with van der Waals surface area (Å²) in [5, 5.41) is 69.8. The SMILES string of the molecule is CCC1CC1.CCO.OCCC1CO1.OCCCC(O)CCO.OCO.OCO.[Y].[Y].[Y].[Y]. The molecule has 0 amide bonds. The first-order valence-corrected chi connectivity index (χ1v) is 10.1. The molecule has 0 aromatic rings. The third-order valence-corrected chi connectivity index (χ3v) is 3.29. The molecule has 1 heterocycles. The molecule has 1 saturated heterocycles. The quantitative estimate of drug-likeness (QED) is 0.108. The van der Waals surface area contributed by atoms with Crippen LogP contribution in [0.2, 0.25) is 0 Å². The van der Waals surface area contributed by atoms with Gasteiger partial charge in [0.1, 0.15) is 13.6 Å². The van der Waals surface area contributed by atoms with E-state index >= 15 is 0 Å². The van der Waals surface area contributed by atoms with Gasteiger partial charge in [-0.25, -0.2) is 0 Å². The molecule has 9 N–H and O–H groups in total. The van der Waals surface area contributed by atoms with Crippen molar-refractivity contribution in [3.05, 3.63) is 0 Å². The Balaban J connectivity index is -0.0000000389. The molecule has 1 aliphatic heterocycles. The Morgan fingerprint density at radius 1 is 0.727 bits per heavy atom. The van der Waals surface area contributed by atoms with E-state index in [-0.39, 0.29) is 157 Å². The summed E-state index contributed by atoms with van der Waals surface area (Å²) < 4.78 is 4.79. The van der Waals surface area contributed by atoms with Crippen LogP contribution in [0.5, 0.6) is 0 Å².